The number of carbonyl (C=O) groups is 1. The van der Waals surface area contributed by atoms with E-state index < -0.39 is 34.2 Å². The quantitative estimate of drug-likeness (QED) is 0.378. The first-order valence-corrected chi connectivity index (χ1v) is 12.2. The number of hydrogen-bond donors (Lipinski definition) is 1. The molecule has 0 atom stereocenters. The Morgan fingerprint density at radius 1 is 0.972 bits per heavy atom. The first kappa shape index (κ1) is 25.0. The number of nitrogens with zero attached hydrogens (tertiary/aromatic N) is 3. The number of halogens is 3. The van der Waals surface area contributed by atoms with Gasteiger partial charge in [0.25, 0.3) is 10.0 Å². The summed E-state index contributed by atoms with van der Waals surface area (Å²) in [5.41, 5.74) is 0.202. The Kier molecular flexibility index (Phi) is 7.11. The summed E-state index contributed by atoms with van der Waals surface area (Å²) in [5.74, 6) is -0.688. The fourth-order valence-corrected chi connectivity index (χ4v) is 5.00. The molecule has 0 bridgehead atoms. The van der Waals surface area contributed by atoms with Gasteiger partial charge in [0.1, 0.15) is 6.54 Å². The van der Waals surface area contributed by atoms with Crippen molar-refractivity contribution in [2.45, 2.75) is 17.6 Å². The number of sulfonamides is 1. The molecule has 36 heavy (non-hydrogen) atoms. The highest BCUT2D eigenvalue weighted by Crippen LogP contribution is 2.33. The van der Waals surface area contributed by atoms with Crippen molar-refractivity contribution in [3.63, 3.8) is 0 Å². The molecule has 1 aromatic heterocycles. The molecular weight excluding hydrogens is 493 g/mol. The Hall–Kier alpha value is -4.12. The Balaban J connectivity index is 1.62. The van der Waals surface area contributed by atoms with Gasteiger partial charge in [0.05, 0.1) is 28.2 Å². The van der Waals surface area contributed by atoms with E-state index in [-0.39, 0.29) is 17.1 Å². The van der Waals surface area contributed by atoms with Crippen LogP contribution in [0.1, 0.15) is 11.1 Å². The molecule has 7 nitrogen and oxygen atoms in total. The van der Waals surface area contributed by atoms with Gasteiger partial charge in [-0.1, -0.05) is 42.5 Å². The minimum Gasteiger partial charge on any atom is -0.350 e. The molecule has 0 radical (unpaired) electrons. The Bertz CT molecular complexity index is 1440. The molecule has 4 rings (SSSR count). The number of nitrogens with one attached hydrogen (secondary N) is 1. The monoisotopic (exact) mass is 514 g/mol. The lowest BCUT2D eigenvalue weighted by Crippen LogP contribution is -2.40. The molecule has 0 fully saturated rings. The van der Waals surface area contributed by atoms with Crippen LogP contribution >= 0.6 is 0 Å². The highest BCUT2D eigenvalue weighted by atomic mass is 32.2. The van der Waals surface area contributed by atoms with Crippen molar-refractivity contribution in [3.05, 3.63) is 109 Å². The summed E-state index contributed by atoms with van der Waals surface area (Å²) in [7, 11) is -4.35. The Labute approximate surface area is 205 Å². The van der Waals surface area contributed by atoms with Crippen molar-refractivity contribution < 1.29 is 26.4 Å². The molecule has 1 N–H and O–H groups in total. The molecule has 186 valence electrons. The number of carbonyl (C=O) groups excluding carboxylic acids is 1. The first-order valence-electron chi connectivity index (χ1n) is 10.7. The summed E-state index contributed by atoms with van der Waals surface area (Å²) < 4.78 is 69.1. The summed E-state index contributed by atoms with van der Waals surface area (Å²) in [6.45, 7) is -0.652. The van der Waals surface area contributed by atoms with E-state index >= 15 is 0 Å². The van der Waals surface area contributed by atoms with Gasteiger partial charge in [-0.15, -0.1) is 0 Å². The second-order valence-corrected chi connectivity index (χ2v) is 9.61. The van der Waals surface area contributed by atoms with E-state index in [1.165, 1.54) is 30.3 Å². The van der Waals surface area contributed by atoms with Crippen molar-refractivity contribution in [1.29, 1.82) is 0 Å². The van der Waals surface area contributed by atoms with E-state index in [1.54, 1.807) is 41.5 Å². The van der Waals surface area contributed by atoms with Gasteiger partial charge in [-0.05, 0) is 42.0 Å². The first-order chi connectivity index (χ1) is 17.2. The maximum Gasteiger partial charge on any atom is 0.416 e. The van der Waals surface area contributed by atoms with Crippen LogP contribution in [0.4, 0.5) is 18.9 Å². The molecule has 11 heteroatoms. The van der Waals surface area contributed by atoms with Crippen LogP contribution in [0.2, 0.25) is 0 Å². The predicted molar refractivity (Wildman–Crippen MR) is 128 cm³/mol. The van der Waals surface area contributed by atoms with Crippen molar-refractivity contribution in [3.8, 4) is 5.69 Å². The van der Waals surface area contributed by atoms with E-state index in [1.807, 2.05) is 12.1 Å². The number of imidazole rings is 1. The minimum atomic E-state index is -4.68. The number of aromatic nitrogens is 2. The highest BCUT2D eigenvalue weighted by Gasteiger charge is 2.33. The molecule has 1 amide bonds. The standard InChI is InChI=1S/C25H21F3N4O3S/c26-25(27,28)20-8-6-9-21(15-20)32(36(34,35)22-10-2-1-3-11-22)17-24(33)30-16-19-7-4-5-12-23(19)31-14-13-29-18-31/h1-15,18H,16-17H2,(H,30,33). The summed E-state index contributed by atoms with van der Waals surface area (Å²) in [4.78, 5) is 16.8. The molecule has 1 heterocycles. The van der Waals surface area contributed by atoms with E-state index in [4.69, 9.17) is 0 Å². The van der Waals surface area contributed by atoms with Gasteiger partial charge in [0.2, 0.25) is 5.91 Å². The summed E-state index contributed by atoms with van der Waals surface area (Å²) >= 11 is 0. The molecule has 0 spiro atoms. The number of rotatable bonds is 8. The molecule has 0 aliphatic rings. The molecule has 0 unspecified atom stereocenters. The van der Waals surface area contributed by atoms with Crippen molar-refractivity contribution in [1.82, 2.24) is 14.9 Å². The van der Waals surface area contributed by atoms with Gasteiger partial charge in [-0.2, -0.15) is 13.2 Å². The van der Waals surface area contributed by atoms with Crippen LogP contribution in [-0.4, -0.2) is 30.4 Å². The SMILES string of the molecule is O=C(CN(c1cccc(C(F)(F)F)c1)S(=O)(=O)c1ccccc1)NCc1ccccc1-n1ccnc1. The number of hydrogen-bond acceptors (Lipinski definition) is 4. The topological polar surface area (TPSA) is 84.3 Å². The Morgan fingerprint density at radius 2 is 1.69 bits per heavy atom. The summed E-state index contributed by atoms with van der Waals surface area (Å²) in [6.07, 6.45) is 0.263. The lowest BCUT2D eigenvalue weighted by atomic mass is 10.1. The third kappa shape index (κ3) is 5.57. The minimum absolute atomic E-state index is 0.0645. The molecule has 4 aromatic rings. The van der Waals surface area contributed by atoms with E-state index in [9.17, 15) is 26.4 Å². The van der Waals surface area contributed by atoms with E-state index in [0.717, 1.165) is 23.4 Å². The van der Waals surface area contributed by atoms with E-state index in [0.29, 0.717) is 10.4 Å². The van der Waals surface area contributed by atoms with Gasteiger partial charge in [-0.25, -0.2) is 13.4 Å². The van der Waals surface area contributed by atoms with E-state index in [2.05, 4.69) is 10.3 Å². The summed E-state index contributed by atoms with van der Waals surface area (Å²) in [6, 6.07) is 18.3. The second-order valence-electron chi connectivity index (χ2n) is 7.75. The smallest absolute Gasteiger partial charge is 0.350 e. The second kappa shape index (κ2) is 10.2. The predicted octanol–water partition coefficient (Wildman–Crippen LogP) is 4.40. The average Bonchev–Trinajstić information content (AvgIpc) is 3.41. The normalized spacial score (nSPS) is 11.8. The zero-order chi connectivity index (χ0) is 25.8. The zero-order valence-corrected chi connectivity index (χ0v) is 19.6. The molecule has 0 aliphatic carbocycles. The van der Waals surface area contributed by atoms with Gasteiger partial charge in [0, 0.05) is 18.9 Å². The highest BCUT2D eigenvalue weighted by molar-refractivity contribution is 7.92. The largest absolute Gasteiger partial charge is 0.416 e. The van der Waals surface area contributed by atoms with Crippen molar-refractivity contribution in [2.24, 2.45) is 0 Å². The van der Waals surface area contributed by atoms with Gasteiger partial charge < -0.3 is 9.88 Å². The van der Waals surface area contributed by atoms with Crippen LogP contribution in [0.15, 0.2) is 102 Å². The van der Waals surface area contributed by atoms with Crippen LogP contribution in [0.25, 0.3) is 5.69 Å². The van der Waals surface area contributed by atoms with Crippen molar-refractivity contribution in [2.75, 3.05) is 10.8 Å². The fraction of sp³-hybridized carbons (Fsp3) is 0.120. The Morgan fingerprint density at radius 3 is 2.39 bits per heavy atom. The maximum absolute atomic E-state index is 13.4. The summed E-state index contributed by atoms with van der Waals surface area (Å²) in [5, 5.41) is 2.67. The molecule has 0 aliphatic heterocycles. The third-order valence-corrected chi connectivity index (χ3v) is 7.12. The number of alkyl halides is 3. The number of amides is 1. The molecule has 0 saturated carbocycles. The van der Waals surface area contributed by atoms with Crippen molar-refractivity contribution >= 4 is 21.6 Å². The third-order valence-electron chi connectivity index (χ3n) is 5.33. The zero-order valence-electron chi connectivity index (χ0n) is 18.8. The number of para-hydroxylation sites is 1. The molecular formula is C25H21F3N4O3S. The molecule has 3 aromatic carbocycles. The van der Waals surface area contributed by atoms with Gasteiger partial charge in [-0.3, -0.25) is 9.10 Å². The van der Waals surface area contributed by atoms with Crippen LogP contribution in [-0.2, 0) is 27.5 Å². The van der Waals surface area contributed by atoms with Crippen LogP contribution in [0, 0.1) is 0 Å². The maximum atomic E-state index is 13.4. The number of anilines is 1. The van der Waals surface area contributed by atoms with Gasteiger partial charge in [0.15, 0.2) is 0 Å². The lowest BCUT2D eigenvalue weighted by Gasteiger charge is -2.25. The molecule has 0 saturated heterocycles. The van der Waals surface area contributed by atoms with Crippen LogP contribution < -0.4 is 9.62 Å². The van der Waals surface area contributed by atoms with Crippen LogP contribution in [0.5, 0.6) is 0 Å². The van der Waals surface area contributed by atoms with Gasteiger partial charge >= 0.3 is 6.18 Å². The fourth-order valence-electron chi connectivity index (χ4n) is 3.57. The lowest BCUT2D eigenvalue weighted by molar-refractivity contribution is -0.137. The number of benzene rings is 3. The average molecular weight is 515 g/mol. The van der Waals surface area contributed by atoms with Crippen LogP contribution in [0.3, 0.4) is 0 Å².